The molecule has 3 aromatic rings. The molecule has 0 aliphatic carbocycles. The lowest BCUT2D eigenvalue weighted by Gasteiger charge is -2.11. The molecule has 1 N–H and O–H groups in total. The van der Waals surface area contributed by atoms with Crippen molar-refractivity contribution >= 4 is 50.5 Å². The number of benzene rings is 3. The number of hydrogen-bond acceptors (Lipinski definition) is 5. The van der Waals surface area contributed by atoms with E-state index in [-0.39, 0.29) is 12.1 Å². The molecule has 0 spiro atoms. The van der Waals surface area contributed by atoms with Gasteiger partial charge in [0.15, 0.2) is 0 Å². The van der Waals surface area contributed by atoms with Gasteiger partial charge in [-0.2, -0.15) is 5.26 Å². The van der Waals surface area contributed by atoms with Crippen molar-refractivity contribution < 1.29 is 19.0 Å². The van der Waals surface area contributed by atoms with Crippen LogP contribution in [0.3, 0.4) is 0 Å². The fraction of sp³-hybridized carbons (Fsp3) is 0.154. The van der Waals surface area contributed by atoms with E-state index in [0.29, 0.717) is 18.1 Å². The number of methoxy groups -OCH3 is 2. The molecule has 0 fully saturated rings. The smallest absolute Gasteiger partial charge is 0.262 e. The highest BCUT2D eigenvalue weighted by molar-refractivity contribution is 14.1. The van der Waals surface area contributed by atoms with Crippen LogP contribution in [0.25, 0.3) is 6.08 Å². The summed E-state index contributed by atoms with van der Waals surface area (Å²) in [7, 11) is 3.12. The molecule has 6 nitrogen and oxygen atoms in total. The Balaban J connectivity index is 1.66. The standard InChI is InChI=1S/C26H22BrIN2O4/c1-32-22-9-6-19(25(13-22)33-2)15-30-26(31)20(14-29)11-18-5-10-24(23(28)12-18)34-16-17-3-7-21(27)8-4-17/h3-13H,15-16H2,1-2H3,(H,30,31)/b20-11+. The topological polar surface area (TPSA) is 80.6 Å². The summed E-state index contributed by atoms with van der Waals surface area (Å²) in [5, 5.41) is 12.3. The third-order valence-electron chi connectivity index (χ3n) is 4.87. The van der Waals surface area contributed by atoms with Crippen molar-refractivity contribution in [2.75, 3.05) is 14.2 Å². The summed E-state index contributed by atoms with van der Waals surface area (Å²) in [6.45, 7) is 0.657. The highest BCUT2D eigenvalue weighted by Gasteiger charge is 2.12. The number of halogens is 2. The van der Waals surface area contributed by atoms with Gasteiger partial charge in [0, 0.05) is 22.6 Å². The van der Waals surface area contributed by atoms with Crippen LogP contribution in [0.15, 0.2) is 70.7 Å². The van der Waals surface area contributed by atoms with Gasteiger partial charge in [-0.1, -0.05) is 34.1 Å². The molecule has 0 unspecified atom stereocenters. The lowest BCUT2D eigenvalue weighted by Crippen LogP contribution is -2.24. The number of amides is 1. The van der Waals surface area contributed by atoms with Crippen molar-refractivity contribution in [3.63, 3.8) is 0 Å². The van der Waals surface area contributed by atoms with E-state index in [2.05, 4.69) is 43.8 Å². The van der Waals surface area contributed by atoms with E-state index in [1.54, 1.807) is 32.4 Å². The van der Waals surface area contributed by atoms with Crippen LogP contribution in [0.1, 0.15) is 16.7 Å². The molecule has 0 atom stereocenters. The van der Waals surface area contributed by atoms with Crippen LogP contribution in [-0.2, 0) is 17.9 Å². The van der Waals surface area contributed by atoms with Gasteiger partial charge in [0.2, 0.25) is 0 Å². The zero-order valence-electron chi connectivity index (χ0n) is 18.6. The van der Waals surface area contributed by atoms with Crippen molar-refractivity contribution in [3.8, 4) is 23.3 Å². The first kappa shape index (κ1) is 25.6. The van der Waals surface area contributed by atoms with Crippen molar-refractivity contribution in [1.82, 2.24) is 5.32 Å². The molecule has 1 amide bonds. The van der Waals surface area contributed by atoms with Crippen LogP contribution in [0, 0.1) is 14.9 Å². The number of ether oxygens (including phenoxy) is 3. The molecule has 0 bridgehead atoms. The minimum Gasteiger partial charge on any atom is -0.497 e. The van der Waals surface area contributed by atoms with Crippen LogP contribution >= 0.6 is 38.5 Å². The Hall–Kier alpha value is -3.03. The average Bonchev–Trinajstić information content (AvgIpc) is 2.86. The first-order valence-electron chi connectivity index (χ1n) is 10.2. The lowest BCUT2D eigenvalue weighted by atomic mass is 10.1. The molecule has 3 rings (SSSR count). The number of hydrogen-bond donors (Lipinski definition) is 1. The van der Waals surface area contributed by atoms with Crippen LogP contribution in [0.5, 0.6) is 17.2 Å². The Morgan fingerprint density at radius 2 is 1.82 bits per heavy atom. The number of nitrogens with zero attached hydrogens (tertiary/aromatic N) is 1. The third-order valence-corrected chi connectivity index (χ3v) is 6.24. The summed E-state index contributed by atoms with van der Waals surface area (Å²) in [5.41, 5.74) is 2.57. The fourth-order valence-electron chi connectivity index (χ4n) is 3.05. The van der Waals surface area contributed by atoms with Gasteiger partial charge in [0.05, 0.1) is 17.8 Å². The Morgan fingerprint density at radius 1 is 1.06 bits per heavy atom. The van der Waals surface area contributed by atoms with E-state index in [9.17, 15) is 10.1 Å². The summed E-state index contributed by atoms with van der Waals surface area (Å²) in [6.07, 6.45) is 1.56. The first-order chi connectivity index (χ1) is 16.4. The van der Waals surface area contributed by atoms with Gasteiger partial charge in [-0.25, -0.2) is 0 Å². The van der Waals surface area contributed by atoms with Crippen LogP contribution in [0.4, 0.5) is 0 Å². The summed E-state index contributed by atoms with van der Waals surface area (Å²) in [5.74, 6) is 1.51. The summed E-state index contributed by atoms with van der Waals surface area (Å²) in [4.78, 5) is 12.6. The largest absolute Gasteiger partial charge is 0.497 e. The van der Waals surface area contributed by atoms with Crippen molar-refractivity contribution in [2.45, 2.75) is 13.2 Å². The van der Waals surface area contributed by atoms with Crippen LogP contribution in [0.2, 0.25) is 0 Å². The van der Waals surface area contributed by atoms with Crippen molar-refractivity contribution in [1.29, 1.82) is 5.26 Å². The van der Waals surface area contributed by atoms with Crippen LogP contribution < -0.4 is 19.5 Å². The predicted molar refractivity (Wildman–Crippen MR) is 143 cm³/mol. The Labute approximate surface area is 220 Å². The number of nitriles is 1. The Kier molecular flexibility index (Phi) is 9.36. The van der Waals surface area contributed by atoms with E-state index < -0.39 is 5.91 Å². The summed E-state index contributed by atoms with van der Waals surface area (Å²) < 4.78 is 18.4. The molecule has 0 heterocycles. The maximum absolute atomic E-state index is 12.6. The van der Waals surface area contributed by atoms with Crippen molar-refractivity contribution in [2.24, 2.45) is 0 Å². The van der Waals surface area contributed by atoms with Gasteiger partial charge >= 0.3 is 0 Å². The zero-order valence-corrected chi connectivity index (χ0v) is 22.3. The molecule has 34 heavy (non-hydrogen) atoms. The third kappa shape index (κ3) is 6.98. The second-order valence-corrected chi connectivity index (χ2v) is 9.21. The second kappa shape index (κ2) is 12.4. The molecule has 8 heteroatoms. The van der Waals surface area contributed by atoms with E-state index in [0.717, 1.165) is 30.5 Å². The second-order valence-electron chi connectivity index (χ2n) is 7.14. The number of carbonyl (C=O) groups is 1. The van der Waals surface area contributed by atoms with Crippen molar-refractivity contribution in [3.05, 3.63) is 91.0 Å². The maximum atomic E-state index is 12.6. The molecule has 0 saturated carbocycles. The van der Waals surface area contributed by atoms with E-state index >= 15 is 0 Å². The van der Waals surface area contributed by atoms with E-state index in [1.165, 1.54) is 0 Å². The minimum atomic E-state index is -0.467. The van der Waals surface area contributed by atoms with Gasteiger partial charge in [0.1, 0.15) is 35.5 Å². The number of rotatable bonds is 9. The monoisotopic (exact) mass is 632 g/mol. The van der Waals surface area contributed by atoms with Gasteiger partial charge in [-0.15, -0.1) is 0 Å². The SMILES string of the molecule is COc1ccc(CNC(=O)/C(C#N)=C/c2ccc(OCc3ccc(Br)cc3)c(I)c2)c(OC)c1. The Bertz CT molecular complexity index is 1240. The van der Waals surface area contributed by atoms with Crippen LogP contribution in [-0.4, -0.2) is 20.1 Å². The maximum Gasteiger partial charge on any atom is 0.262 e. The number of carbonyl (C=O) groups excluding carboxylic acids is 1. The molecule has 0 saturated heterocycles. The molecule has 174 valence electrons. The summed E-state index contributed by atoms with van der Waals surface area (Å²) >= 11 is 5.60. The molecule has 3 aromatic carbocycles. The quantitative estimate of drug-likeness (QED) is 0.181. The molecule has 0 aromatic heterocycles. The normalized spacial score (nSPS) is 10.9. The molecular weight excluding hydrogens is 611 g/mol. The highest BCUT2D eigenvalue weighted by Crippen LogP contribution is 2.26. The molecular formula is C26H22BrIN2O4. The predicted octanol–water partition coefficient (Wildman–Crippen LogP) is 5.87. The molecule has 0 aliphatic rings. The van der Waals surface area contributed by atoms with Gasteiger partial charge < -0.3 is 19.5 Å². The fourth-order valence-corrected chi connectivity index (χ4v) is 4.01. The van der Waals surface area contributed by atoms with Gasteiger partial charge in [0.25, 0.3) is 5.91 Å². The first-order valence-corrected chi connectivity index (χ1v) is 12.1. The Morgan fingerprint density at radius 3 is 2.47 bits per heavy atom. The summed E-state index contributed by atoms with van der Waals surface area (Å²) in [6, 6.07) is 20.8. The number of nitrogens with one attached hydrogen (secondary N) is 1. The molecule has 0 radical (unpaired) electrons. The lowest BCUT2D eigenvalue weighted by molar-refractivity contribution is -0.117. The zero-order chi connectivity index (χ0) is 24.5. The average molecular weight is 633 g/mol. The van der Waals surface area contributed by atoms with E-state index in [1.807, 2.05) is 54.6 Å². The van der Waals surface area contributed by atoms with Gasteiger partial charge in [-0.3, -0.25) is 4.79 Å². The molecule has 0 aliphatic heterocycles. The minimum absolute atomic E-state index is 0.00630. The highest BCUT2D eigenvalue weighted by atomic mass is 127. The van der Waals surface area contributed by atoms with Gasteiger partial charge in [-0.05, 0) is 76.2 Å². The van der Waals surface area contributed by atoms with E-state index in [4.69, 9.17) is 14.2 Å².